The summed E-state index contributed by atoms with van der Waals surface area (Å²) in [5, 5.41) is 0. The van der Waals surface area contributed by atoms with Crippen molar-refractivity contribution >= 4 is 10.2 Å². The first-order chi connectivity index (χ1) is 9.28. The van der Waals surface area contributed by atoms with E-state index in [1.165, 1.54) is 6.42 Å². The lowest BCUT2D eigenvalue weighted by atomic mass is 10.0. The first-order valence-electron chi connectivity index (χ1n) is 7.71. The highest BCUT2D eigenvalue weighted by Gasteiger charge is 2.44. The van der Waals surface area contributed by atoms with E-state index in [1.807, 2.05) is 19.0 Å². The van der Waals surface area contributed by atoms with Gasteiger partial charge >= 0.3 is 0 Å². The molecule has 0 spiro atoms. The molecule has 0 radical (unpaired) electrons. The molecule has 0 unspecified atom stereocenters. The Morgan fingerprint density at radius 3 is 2.45 bits per heavy atom. The van der Waals surface area contributed by atoms with Crippen LogP contribution in [0.15, 0.2) is 0 Å². The normalized spacial score (nSPS) is 28.7. The van der Waals surface area contributed by atoms with Crippen LogP contribution in [0, 0.1) is 11.8 Å². The molecule has 1 aliphatic heterocycles. The van der Waals surface area contributed by atoms with Crippen molar-refractivity contribution in [2.75, 3.05) is 27.2 Å². The lowest BCUT2D eigenvalue weighted by molar-refractivity contribution is 0.303. The van der Waals surface area contributed by atoms with E-state index in [4.69, 9.17) is 0 Å². The zero-order valence-electron chi connectivity index (χ0n) is 13.2. The highest BCUT2D eigenvalue weighted by molar-refractivity contribution is 7.87. The Kier molecular flexibility index (Phi) is 5.10. The quantitative estimate of drug-likeness (QED) is 0.771. The third-order valence-corrected chi connectivity index (χ3v) is 6.02. The van der Waals surface area contributed by atoms with Gasteiger partial charge in [0.15, 0.2) is 0 Å². The van der Waals surface area contributed by atoms with Crippen molar-refractivity contribution in [3.05, 3.63) is 0 Å². The zero-order chi connectivity index (χ0) is 14.9. The molecule has 2 fully saturated rings. The summed E-state index contributed by atoms with van der Waals surface area (Å²) in [5.41, 5.74) is 0. The van der Waals surface area contributed by atoms with Crippen LogP contribution in [-0.2, 0) is 10.2 Å². The van der Waals surface area contributed by atoms with E-state index in [1.54, 1.807) is 4.31 Å². The largest absolute Gasteiger partial charge is 0.308 e. The molecule has 1 saturated carbocycles. The Bertz CT molecular complexity index is 412. The van der Waals surface area contributed by atoms with Gasteiger partial charge in [0.1, 0.15) is 0 Å². The van der Waals surface area contributed by atoms with Gasteiger partial charge in [0.05, 0.1) is 0 Å². The third kappa shape index (κ3) is 3.93. The SMILES string of the molecule is CC(C)C[C@@H](CN(C)C)NS(=O)(=O)N1C[C@H]2CC[C@H]1C2. The Labute approximate surface area is 123 Å². The van der Waals surface area contributed by atoms with Crippen molar-refractivity contribution in [1.29, 1.82) is 0 Å². The number of hydrogen-bond acceptors (Lipinski definition) is 3. The molecule has 1 N–H and O–H groups in total. The first-order valence-corrected chi connectivity index (χ1v) is 9.15. The van der Waals surface area contributed by atoms with Gasteiger partial charge in [-0.05, 0) is 51.6 Å². The second-order valence-corrected chi connectivity index (χ2v) is 8.77. The molecule has 1 aliphatic carbocycles. The molecule has 20 heavy (non-hydrogen) atoms. The molecule has 2 aliphatic rings. The van der Waals surface area contributed by atoms with Crippen molar-refractivity contribution < 1.29 is 8.42 Å². The van der Waals surface area contributed by atoms with Crippen LogP contribution in [0.1, 0.15) is 39.5 Å². The number of likely N-dealkylation sites (N-methyl/N-ethyl adjacent to an activating group) is 1. The molecule has 0 aromatic rings. The number of fused-ring (bicyclic) bond motifs is 2. The Morgan fingerprint density at radius 2 is 2.00 bits per heavy atom. The van der Waals surface area contributed by atoms with Crippen LogP contribution in [-0.4, -0.2) is 56.9 Å². The van der Waals surface area contributed by atoms with Crippen molar-refractivity contribution in [2.45, 2.75) is 51.6 Å². The lowest BCUT2D eigenvalue weighted by Gasteiger charge is -2.30. The van der Waals surface area contributed by atoms with Crippen molar-refractivity contribution in [3.63, 3.8) is 0 Å². The zero-order valence-corrected chi connectivity index (χ0v) is 14.0. The Morgan fingerprint density at radius 1 is 1.30 bits per heavy atom. The average Bonchev–Trinajstić information content (AvgIpc) is 2.87. The summed E-state index contributed by atoms with van der Waals surface area (Å²) >= 11 is 0. The lowest BCUT2D eigenvalue weighted by Crippen LogP contribution is -2.51. The van der Waals surface area contributed by atoms with Gasteiger partial charge in [0.25, 0.3) is 10.2 Å². The van der Waals surface area contributed by atoms with Crippen LogP contribution < -0.4 is 4.72 Å². The summed E-state index contributed by atoms with van der Waals surface area (Å²) < 4.78 is 29.8. The topological polar surface area (TPSA) is 52.7 Å². The molecule has 0 aromatic carbocycles. The number of nitrogens with one attached hydrogen (secondary N) is 1. The minimum Gasteiger partial charge on any atom is -0.308 e. The highest BCUT2D eigenvalue weighted by atomic mass is 32.2. The van der Waals surface area contributed by atoms with E-state index in [9.17, 15) is 8.42 Å². The summed E-state index contributed by atoms with van der Waals surface area (Å²) in [6.07, 6.45) is 4.17. The van der Waals surface area contributed by atoms with E-state index in [0.717, 1.165) is 32.4 Å². The number of hydrogen-bond donors (Lipinski definition) is 1. The Hall–Kier alpha value is -0.170. The van der Waals surface area contributed by atoms with E-state index in [0.29, 0.717) is 11.8 Å². The van der Waals surface area contributed by atoms with Gasteiger partial charge in [0.2, 0.25) is 0 Å². The van der Waals surface area contributed by atoms with Gasteiger partial charge in [0, 0.05) is 25.2 Å². The van der Waals surface area contributed by atoms with E-state index in [2.05, 4.69) is 18.6 Å². The summed E-state index contributed by atoms with van der Waals surface area (Å²) in [6.45, 7) is 5.74. The fourth-order valence-electron chi connectivity index (χ4n) is 3.62. The van der Waals surface area contributed by atoms with Crippen LogP contribution in [0.3, 0.4) is 0 Å². The van der Waals surface area contributed by atoms with Gasteiger partial charge in [-0.1, -0.05) is 13.8 Å². The third-order valence-electron chi connectivity index (χ3n) is 4.32. The molecular formula is C14H29N3O2S. The van der Waals surface area contributed by atoms with Crippen molar-refractivity contribution in [2.24, 2.45) is 11.8 Å². The maximum absolute atomic E-state index is 12.6. The molecule has 1 heterocycles. The molecule has 0 aromatic heterocycles. The predicted octanol–water partition coefficient (Wildman–Crippen LogP) is 1.28. The van der Waals surface area contributed by atoms with Gasteiger partial charge in [-0.2, -0.15) is 17.4 Å². The van der Waals surface area contributed by atoms with Gasteiger partial charge in [-0.25, -0.2) is 0 Å². The second-order valence-electron chi connectivity index (χ2n) is 7.11. The van der Waals surface area contributed by atoms with E-state index >= 15 is 0 Å². The van der Waals surface area contributed by atoms with Gasteiger partial charge < -0.3 is 4.90 Å². The fraction of sp³-hybridized carbons (Fsp3) is 1.00. The highest BCUT2D eigenvalue weighted by Crippen LogP contribution is 2.38. The average molecular weight is 303 g/mol. The molecular weight excluding hydrogens is 274 g/mol. The molecule has 3 atom stereocenters. The number of piperidine rings is 1. The number of rotatable bonds is 7. The molecule has 6 heteroatoms. The molecule has 2 bridgehead atoms. The smallest absolute Gasteiger partial charge is 0.280 e. The summed E-state index contributed by atoms with van der Waals surface area (Å²) in [4.78, 5) is 2.05. The predicted molar refractivity (Wildman–Crippen MR) is 81.7 cm³/mol. The maximum atomic E-state index is 12.6. The maximum Gasteiger partial charge on any atom is 0.280 e. The molecule has 0 amide bonds. The monoisotopic (exact) mass is 303 g/mol. The van der Waals surface area contributed by atoms with E-state index < -0.39 is 10.2 Å². The fourth-order valence-corrected chi connectivity index (χ4v) is 5.34. The van der Waals surface area contributed by atoms with Crippen molar-refractivity contribution in [3.8, 4) is 0 Å². The van der Waals surface area contributed by atoms with E-state index in [-0.39, 0.29) is 12.1 Å². The van der Waals surface area contributed by atoms with Crippen molar-refractivity contribution in [1.82, 2.24) is 13.9 Å². The van der Waals surface area contributed by atoms with Crippen LogP contribution in [0.4, 0.5) is 0 Å². The molecule has 2 rings (SSSR count). The van der Waals surface area contributed by atoms with Crippen LogP contribution in [0.2, 0.25) is 0 Å². The molecule has 118 valence electrons. The van der Waals surface area contributed by atoms with Crippen LogP contribution >= 0.6 is 0 Å². The summed E-state index contributed by atoms with van der Waals surface area (Å²) in [7, 11) is 0.646. The minimum absolute atomic E-state index is 0.00544. The molecule has 5 nitrogen and oxygen atoms in total. The summed E-state index contributed by atoms with van der Waals surface area (Å²) in [6, 6.07) is 0.241. The standard InChI is InChI=1S/C14H29N3O2S/c1-11(2)7-13(10-16(3)4)15-20(18,19)17-9-12-5-6-14(17)8-12/h11-15H,5-10H2,1-4H3/t12-,13-,14-/m0/s1. The first kappa shape index (κ1) is 16.2. The van der Waals surface area contributed by atoms with Crippen LogP contribution in [0.25, 0.3) is 0 Å². The summed E-state index contributed by atoms with van der Waals surface area (Å²) in [5.74, 6) is 1.08. The van der Waals surface area contributed by atoms with Gasteiger partial charge in [-0.3, -0.25) is 0 Å². The minimum atomic E-state index is -3.32. The van der Waals surface area contributed by atoms with Crippen LogP contribution in [0.5, 0.6) is 0 Å². The molecule has 1 saturated heterocycles. The van der Waals surface area contributed by atoms with Gasteiger partial charge in [-0.15, -0.1) is 0 Å². The number of nitrogens with zero attached hydrogens (tertiary/aromatic N) is 2. The second kappa shape index (κ2) is 6.30. The Balaban J connectivity index is 2.00.